The van der Waals surface area contributed by atoms with E-state index in [1.807, 2.05) is 6.92 Å². The molecule has 0 aliphatic heterocycles. The molecule has 1 aromatic rings. The SMILES string of the molecule is CCN(C1CC1)S(=O)(=O)c1ccc(CN)o1. The van der Waals surface area contributed by atoms with E-state index in [4.69, 9.17) is 10.2 Å². The highest BCUT2D eigenvalue weighted by atomic mass is 32.2. The average Bonchev–Trinajstić information content (AvgIpc) is 2.95. The molecule has 1 saturated carbocycles. The van der Waals surface area contributed by atoms with E-state index in [1.165, 1.54) is 10.4 Å². The van der Waals surface area contributed by atoms with Crippen molar-refractivity contribution in [2.75, 3.05) is 6.54 Å². The Balaban J connectivity index is 2.29. The first-order valence-corrected chi connectivity index (χ1v) is 6.84. The molecule has 1 heterocycles. The maximum absolute atomic E-state index is 12.2. The molecule has 90 valence electrons. The van der Waals surface area contributed by atoms with Crippen LogP contribution in [0.3, 0.4) is 0 Å². The summed E-state index contributed by atoms with van der Waals surface area (Å²) in [4.78, 5) is 0. The second-order valence-electron chi connectivity index (χ2n) is 3.86. The van der Waals surface area contributed by atoms with Gasteiger partial charge in [0.15, 0.2) is 0 Å². The zero-order chi connectivity index (χ0) is 11.8. The molecule has 0 aromatic carbocycles. The van der Waals surface area contributed by atoms with Crippen molar-refractivity contribution in [1.29, 1.82) is 0 Å². The molecule has 0 radical (unpaired) electrons. The van der Waals surface area contributed by atoms with Crippen LogP contribution in [0, 0.1) is 0 Å². The predicted octanol–water partition coefficient (Wildman–Crippen LogP) is 0.911. The Morgan fingerprint density at radius 2 is 2.19 bits per heavy atom. The molecule has 1 aliphatic rings. The number of rotatable bonds is 5. The molecule has 5 nitrogen and oxygen atoms in total. The lowest BCUT2D eigenvalue weighted by Crippen LogP contribution is -2.32. The van der Waals surface area contributed by atoms with Crippen LogP contribution >= 0.6 is 0 Å². The van der Waals surface area contributed by atoms with Gasteiger partial charge in [-0.05, 0) is 25.0 Å². The van der Waals surface area contributed by atoms with Crippen LogP contribution in [-0.2, 0) is 16.6 Å². The Hall–Kier alpha value is -0.850. The molecule has 16 heavy (non-hydrogen) atoms. The molecular weight excluding hydrogens is 228 g/mol. The van der Waals surface area contributed by atoms with E-state index >= 15 is 0 Å². The maximum atomic E-state index is 12.2. The molecular formula is C10H16N2O3S. The third-order valence-corrected chi connectivity index (χ3v) is 4.57. The Morgan fingerprint density at radius 1 is 1.50 bits per heavy atom. The van der Waals surface area contributed by atoms with Crippen molar-refractivity contribution in [1.82, 2.24) is 4.31 Å². The number of hydrogen-bond acceptors (Lipinski definition) is 4. The number of nitrogens with two attached hydrogens (primary N) is 1. The first kappa shape index (κ1) is 11.6. The zero-order valence-corrected chi connectivity index (χ0v) is 10.0. The molecule has 0 unspecified atom stereocenters. The van der Waals surface area contributed by atoms with Gasteiger partial charge in [0.05, 0.1) is 6.54 Å². The van der Waals surface area contributed by atoms with Crippen LogP contribution in [0.2, 0.25) is 0 Å². The summed E-state index contributed by atoms with van der Waals surface area (Å²) < 4.78 is 31.0. The molecule has 0 bridgehead atoms. The first-order valence-electron chi connectivity index (χ1n) is 5.40. The molecule has 0 saturated heterocycles. The van der Waals surface area contributed by atoms with Crippen LogP contribution in [0.15, 0.2) is 21.6 Å². The van der Waals surface area contributed by atoms with Gasteiger partial charge in [0.1, 0.15) is 5.76 Å². The molecule has 1 aliphatic carbocycles. The van der Waals surface area contributed by atoms with E-state index in [2.05, 4.69) is 0 Å². The Morgan fingerprint density at radius 3 is 2.62 bits per heavy atom. The van der Waals surface area contributed by atoms with Gasteiger partial charge in [-0.3, -0.25) is 0 Å². The largest absolute Gasteiger partial charge is 0.447 e. The molecule has 0 spiro atoms. The number of furan rings is 1. The van der Waals surface area contributed by atoms with E-state index in [1.54, 1.807) is 6.07 Å². The number of hydrogen-bond donors (Lipinski definition) is 1. The molecule has 1 aromatic heterocycles. The van der Waals surface area contributed by atoms with Gasteiger partial charge in [-0.2, -0.15) is 4.31 Å². The number of sulfonamides is 1. The summed E-state index contributed by atoms with van der Waals surface area (Å²) in [7, 11) is -3.47. The van der Waals surface area contributed by atoms with E-state index in [-0.39, 0.29) is 17.7 Å². The molecule has 2 N–H and O–H groups in total. The van der Waals surface area contributed by atoms with Gasteiger partial charge in [-0.1, -0.05) is 6.92 Å². The molecule has 2 rings (SSSR count). The zero-order valence-electron chi connectivity index (χ0n) is 9.22. The summed E-state index contributed by atoms with van der Waals surface area (Å²) in [5, 5.41) is 0.00157. The maximum Gasteiger partial charge on any atom is 0.276 e. The van der Waals surface area contributed by atoms with E-state index < -0.39 is 10.0 Å². The summed E-state index contributed by atoms with van der Waals surface area (Å²) >= 11 is 0. The molecule has 0 amide bonds. The van der Waals surface area contributed by atoms with Crippen molar-refractivity contribution in [2.45, 2.75) is 37.4 Å². The average molecular weight is 244 g/mol. The molecule has 0 atom stereocenters. The first-order chi connectivity index (χ1) is 7.59. The Labute approximate surface area is 95.3 Å². The van der Waals surface area contributed by atoms with Crippen molar-refractivity contribution in [2.24, 2.45) is 5.73 Å². The van der Waals surface area contributed by atoms with Gasteiger partial charge in [0.2, 0.25) is 5.09 Å². The topological polar surface area (TPSA) is 76.5 Å². The van der Waals surface area contributed by atoms with Crippen LogP contribution < -0.4 is 5.73 Å². The third kappa shape index (κ3) is 2.00. The minimum Gasteiger partial charge on any atom is -0.447 e. The van der Waals surface area contributed by atoms with Crippen LogP contribution in [0.4, 0.5) is 0 Å². The van der Waals surface area contributed by atoms with Gasteiger partial charge >= 0.3 is 0 Å². The van der Waals surface area contributed by atoms with E-state index in [9.17, 15) is 8.42 Å². The quantitative estimate of drug-likeness (QED) is 0.835. The lowest BCUT2D eigenvalue weighted by molar-refractivity contribution is 0.370. The van der Waals surface area contributed by atoms with Gasteiger partial charge < -0.3 is 10.2 Å². The van der Waals surface area contributed by atoms with Crippen LogP contribution in [0.1, 0.15) is 25.5 Å². The second-order valence-corrected chi connectivity index (χ2v) is 5.69. The monoisotopic (exact) mass is 244 g/mol. The highest BCUT2D eigenvalue weighted by Gasteiger charge is 2.38. The second kappa shape index (κ2) is 4.20. The fraction of sp³-hybridized carbons (Fsp3) is 0.600. The summed E-state index contributed by atoms with van der Waals surface area (Å²) in [6.45, 7) is 2.53. The summed E-state index contributed by atoms with van der Waals surface area (Å²) in [6.07, 6.45) is 1.88. The van der Waals surface area contributed by atoms with Gasteiger partial charge in [-0.15, -0.1) is 0 Å². The predicted molar refractivity (Wildman–Crippen MR) is 59.2 cm³/mol. The van der Waals surface area contributed by atoms with Crippen LogP contribution in [-0.4, -0.2) is 25.3 Å². The highest BCUT2D eigenvalue weighted by Crippen LogP contribution is 2.32. The highest BCUT2D eigenvalue weighted by molar-refractivity contribution is 7.89. The van der Waals surface area contributed by atoms with Crippen molar-refractivity contribution in [3.8, 4) is 0 Å². The number of nitrogens with zero attached hydrogens (tertiary/aromatic N) is 1. The molecule has 6 heteroatoms. The summed E-state index contributed by atoms with van der Waals surface area (Å²) in [5.41, 5.74) is 5.39. The van der Waals surface area contributed by atoms with Crippen molar-refractivity contribution >= 4 is 10.0 Å². The molecule has 1 fully saturated rings. The minimum absolute atomic E-state index is 0.00157. The smallest absolute Gasteiger partial charge is 0.276 e. The normalized spacial score (nSPS) is 16.9. The Kier molecular flexibility index (Phi) is 3.05. The lowest BCUT2D eigenvalue weighted by Gasteiger charge is -2.17. The third-order valence-electron chi connectivity index (χ3n) is 2.67. The minimum atomic E-state index is -3.47. The van der Waals surface area contributed by atoms with Crippen LogP contribution in [0.5, 0.6) is 0 Å². The van der Waals surface area contributed by atoms with Crippen molar-refractivity contribution in [3.05, 3.63) is 17.9 Å². The lowest BCUT2D eigenvalue weighted by atomic mass is 10.5. The fourth-order valence-electron chi connectivity index (χ4n) is 1.71. The van der Waals surface area contributed by atoms with Gasteiger partial charge in [0.25, 0.3) is 10.0 Å². The van der Waals surface area contributed by atoms with Crippen molar-refractivity contribution < 1.29 is 12.8 Å². The Bertz CT molecular complexity index is 462. The summed E-state index contributed by atoms with van der Waals surface area (Å²) in [5.74, 6) is 0.491. The van der Waals surface area contributed by atoms with Crippen LogP contribution in [0.25, 0.3) is 0 Å². The standard InChI is InChI=1S/C10H16N2O3S/c1-2-12(8-3-4-8)16(13,14)10-6-5-9(7-11)15-10/h5-6,8H,2-4,7,11H2,1H3. The fourth-order valence-corrected chi connectivity index (χ4v) is 3.34. The van der Waals surface area contributed by atoms with Gasteiger partial charge in [0, 0.05) is 12.6 Å². The van der Waals surface area contributed by atoms with Crippen molar-refractivity contribution in [3.63, 3.8) is 0 Å². The van der Waals surface area contributed by atoms with E-state index in [0.717, 1.165) is 12.8 Å². The summed E-state index contributed by atoms with van der Waals surface area (Å²) in [6, 6.07) is 3.23. The van der Waals surface area contributed by atoms with E-state index in [0.29, 0.717) is 12.3 Å². The van der Waals surface area contributed by atoms with Gasteiger partial charge in [-0.25, -0.2) is 8.42 Å².